The van der Waals surface area contributed by atoms with E-state index in [0.29, 0.717) is 24.3 Å². The SMILES string of the molecule is C[C@H]1Oc2ccccc2O[C@@H]1C(=O)NC1CCC(C(F)(F)F)CC1. The first-order valence-electron chi connectivity index (χ1n) is 8.14. The molecule has 1 aliphatic carbocycles. The summed E-state index contributed by atoms with van der Waals surface area (Å²) in [5, 5.41) is 2.81. The van der Waals surface area contributed by atoms with E-state index in [1.807, 2.05) is 6.07 Å². The summed E-state index contributed by atoms with van der Waals surface area (Å²) in [5.41, 5.74) is 0. The summed E-state index contributed by atoms with van der Waals surface area (Å²) in [4.78, 5) is 12.4. The molecule has 1 aromatic rings. The molecule has 3 rings (SSSR count). The Morgan fingerprint density at radius 3 is 2.25 bits per heavy atom. The maximum Gasteiger partial charge on any atom is 0.391 e. The number of para-hydroxylation sites is 2. The van der Waals surface area contributed by atoms with Gasteiger partial charge in [0.25, 0.3) is 5.91 Å². The Morgan fingerprint density at radius 1 is 1.08 bits per heavy atom. The van der Waals surface area contributed by atoms with E-state index in [1.54, 1.807) is 25.1 Å². The fourth-order valence-electron chi connectivity index (χ4n) is 3.25. The summed E-state index contributed by atoms with van der Waals surface area (Å²) in [6.07, 6.45) is -4.66. The Bertz CT molecular complexity index is 597. The third-order valence-electron chi connectivity index (χ3n) is 4.64. The molecule has 0 unspecified atom stereocenters. The smallest absolute Gasteiger partial charge is 0.391 e. The second kappa shape index (κ2) is 6.53. The average molecular weight is 343 g/mol. The molecule has 7 heteroatoms. The summed E-state index contributed by atoms with van der Waals surface area (Å²) in [7, 11) is 0. The summed E-state index contributed by atoms with van der Waals surface area (Å²) in [6, 6.07) is 6.83. The molecule has 1 aromatic carbocycles. The van der Waals surface area contributed by atoms with Crippen LogP contribution in [0.5, 0.6) is 11.5 Å². The van der Waals surface area contributed by atoms with E-state index < -0.39 is 24.3 Å². The number of nitrogens with one attached hydrogen (secondary N) is 1. The van der Waals surface area contributed by atoms with Gasteiger partial charge in [-0.25, -0.2) is 0 Å². The monoisotopic (exact) mass is 343 g/mol. The van der Waals surface area contributed by atoms with Crippen molar-refractivity contribution in [2.24, 2.45) is 5.92 Å². The largest absolute Gasteiger partial charge is 0.482 e. The zero-order valence-corrected chi connectivity index (χ0v) is 13.3. The molecule has 2 atom stereocenters. The van der Waals surface area contributed by atoms with Crippen LogP contribution in [0.2, 0.25) is 0 Å². The molecule has 0 bridgehead atoms. The van der Waals surface area contributed by atoms with Crippen molar-refractivity contribution < 1.29 is 27.4 Å². The minimum atomic E-state index is -4.15. The summed E-state index contributed by atoms with van der Waals surface area (Å²) in [5.74, 6) is -0.519. The van der Waals surface area contributed by atoms with Gasteiger partial charge in [-0.2, -0.15) is 13.2 Å². The van der Waals surface area contributed by atoms with Crippen molar-refractivity contribution in [1.29, 1.82) is 0 Å². The molecule has 24 heavy (non-hydrogen) atoms. The summed E-state index contributed by atoms with van der Waals surface area (Å²) >= 11 is 0. The third-order valence-corrected chi connectivity index (χ3v) is 4.64. The van der Waals surface area contributed by atoms with Gasteiger partial charge in [0.05, 0.1) is 5.92 Å². The molecule has 1 N–H and O–H groups in total. The van der Waals surface area contributed by atoms with Crippen LogP contribution in [-0.4, -0.2) is 30.3 Å². The zero-order chi connectivity index (χ0) is 17.3. The van der Waals surface area contributed by atoms with Gasteiger partial charge >= 0.3 is 6.18 Å². The molecule has 0 aromatic heterocycles. The van der Waals surface area contributed by atoms with E-state index in [2.05, 4.69) is 5.32 Å². The van der Waals surface area contributed by atoms with Crippen LogP contribution in [-0.2, 0) is 4.79 Å². The molecule has 1 fully saturated rings. The Kier molecular flexibility index (Phi) is 4.60. The number of carbonyl (C=O) groups is 1. The number of benzene rings is 1. The van der Waals surface area contributed by atoms with Crippen molar-refractivity contribution in [3.05, 3.63) is 24.3 Å². The third kappa shape index (κ3) is 3.60. The Morgan fingerprint density at radius 2 is 1.67 bits per heavy atom. The van der Waals surface area contributed by atoms with E-state index in [9.17, 15) is 18.0 Å². The fraction of sp³-hybridized carbons (Fsp3) is 0.588. The lowest BCUT2D eigenvalue weighted by molar-refractivity contribution is -0.182. The first-order valence-corrected chi connectivity index (χ1v) is 8.14. The van der Waals surface area contributed by atoms with Gasteiger partial charge in [-0.1, -0.05) is 12.1 Å². The van der Waals surface area contributed by atoms with Crippen LogP contribution in [0, 0.1) is 5.92 Å². The molecule has 2 aliphatic rings. The van der Waals surface area contributed by atoms with Crippen molar-refractivity contribution in [1.82, 2.24) is 5.32 Å². The molecule has 0 radical (unpaired) electrons. The van der Waals surface area contributed by atoms with Crippen LogP contribution < -0.4 is 14.8 Å². The van der Waals surface area contributed by atoms with Crippen LogP contribution in [0.4, 0.5) is 13.2 Å². The minimum absolute atomic E-state index is 0.0505. The van der Waals surface area contributed by atoms with Crippen molar-refractivity contribution in [2.45, 2.75) is 57.0 Å². The quantitative estimate of drug-likeness (QED) is 0.895. The highest BCUT2D eigenvalue weighted by atomic mass is 19.4. The number of rotatable bonds is 2. The Labute approximate surface area is 138 Å². The Balaban J connectivity index is 1.56. The molecular weight excluding hydrogens is 323 g/mol. The van der Waals surface area contributed by atoms with Crippen molar-refractivity contribution in [3.8, 4) is 11.5 Å². The first kappa shape index (κ1) is 16.9. The minimum Gasteiger partial charge on any atom is -0.482 e. The van der Waals surface area contributed by atoms with E-state index in [0.717, 1.165) is 0 Å². The summed E-state index contributed by atoms with van der Waals surface area (Å²) < 4.78 is 49.5. The van der Waals surface area contributed by atoms with Gasteiger partial charge in [-0.3, -0.25) is 4.79 Å². The average Bonchev–Trinajstić information content (AvgIpc) is 2.53. The van der Waals surface area contributed by atoms with Crippen molar-refractivity contribution in [2.75, 3.05) is 0 Å². The number of fused-ring (bicyclic) bond motifs is 1. The van der Waals surface area contributed by atoms with Gasteiger partial charge in [0.1, 0.15) is 6.10 Å². The van der Waals surface area contributed by atoms with E-state index >= 15 is 0 Å². The molecule has 1 amide bonds. The number of halogens is 3. The normalized spacial score (nSPS) is 29.8. The number of ether oxygens (including phenoxy) is 2. The number of carbonyl (C=O) groups excluding carboxylic acids is 1. The van der Waals surface area contributed by atoms with E-state index in [1.165, 1.54) is 0 Å². The molecule has 132 valence electrons. The van der Waals surface area contributed by atoms with Gasteiger partial charge in [0.2, 0.25) is 6.10 Å². The standard InChI is InChI=1S/C17H20F3NO3/c1-10-15(24-14-5-3-2-4-13(14)23-10)16(22)21-12-8-6-11(7-9-12)17(18,19)20/h2-5,10-12,15H,6-9H2,1H3,(H,21,22)/t10-,11?,12?,15+/m1/s1. The highest BCUT2D eigenvalue weighted by molar-refractivity contribution is 5.82. The highest BCUT2D eigenvalue weighted by Gasteiger charge is 2.42. The van der Waals surface area contributed by atoms with Gasteiger partial charge < -0.3 is 14.8 Å². The molecule has 1 saturated carbocycles. The molecule has 4 nitrogen and oxygen atoms in total. The predicted molar refractivity (Wildman–Crippen MR) is 80.9 cm³/mol. The van der Waals surface area contributed by atoms with Gasteiger partial charge in [0, 0.05) is 6.04 Å². The van der Waals surface area contributed by atoms with Crippen LogP contribution >= 0.6 is 0 Å². The number of amides is 1. The second-order valence-electron chi connectivity index (χ2n) is 6.41. The second-order valence-corrected chi connectivity index (χ2v) is 6.41. The molecule has 1 aliphatic heterocycles. The number of hydrogen-bond donors (Lipinski definition) is 1. The lowest BCUT2D eigenvalue weighted by Gasteiger charge is -2.34. The maximum atomic E-state index is 12.7. The van der Waals surface area contributed by atoms with E-state index in [-0.39, 0.29) is 24.8 Å². The zero-order valence-electron chi connectivity index (χ0n) is 13.3. The van der Waals surface area contributed by atoms with Crippen molar-refractivity contribution in [3.63, 3.8) is 0 Å². The van der Waals surface area contributed by atoms with Crippen LogP contribution in [0.1, 0.15) is 32.6 Å². The van der Waals surface area contributed by atoms with Gasteiger partial charge in [0.15, 0.2) is 11.5 Å². The molecule has 0 spiro atoms. The van der Waals surface area contributed by atoms with Crippen molar-refractivity contribution >= 4 is 5.91 Å². The lowest BCUT2D eigenvalue weighted by atomic mass is 9.85. The Hall–Kier alpha value is -1.92. The lowest BCUT2D eigenvalue weighted by Crippen LogP contribution is -2.52. The summed E-state index contributed by atoms with van der Waals surface area (Å²) in [6.45, 7) is 1.74. The van der Waals surface area contributed by atoms with Gasteiger partial charge in [-0.05, 0) is 44.7 Å². The van der Waals surface area contributed by atoms with Crippen LogP contribution in [0.25, 0.3) is 0 Å². The maximum absolute atomic E-state index is 12.7. The molecular formula is C17H20F3NO3. The van der Waals surface area contributed by atoms with Crippen LogP contribution in [0.15, 0.2) is 24.3 Å². The van der Waals surface area contributed by atoms with Crippen LogP contribution in [0.3, 0.4) is 0 Å². The number of hydrogen-bond acceptors (Lipinski definition) is 3. The fourth-order valence-corrected chi connectivity index (χ4v) is 3.25. The van der Waals surface area contributed by atoms with Gasteiger partial charge in [-0.15, -0.1) is 0 Å². The van der Waals surface area contributed by atoms with E-state index in [4.69, 9.17) is 9.47 Å². The highest BCUT2D eigenvalue weighted by Crippen LogP contribution is 2.38. The molecule has 0 saturated heterocycles. The first-order chi connectivity index (χ1) is 11.3. The predicted octanol–water partition coefficient (Wildman–Crippen LogP) is 3.45. The number of alkyl halides is 3. The molecule has 1 heterocycles. The topological polar surface area (TPSA) is 47.6 Å².